The number of amides is 1. The first-order chi connectivity index (χ1) is 12.0. The predicted molar refractivity (Wildman–Crippen MR) is 104 cm³/mol. The van der Waals surface area contributed by atoms with Crippen LogP contribution in [0, 0.1) is 0 Å². The lowest BCUT2D eigenvalue weighted by atomic mass is 10.3. The van der Waals surface area contributed by atoms with Crippen molar-refractivity contribution in [2.45, 2.75) is 11.6 Å². The van der Waals surface area contributed by atoms with E-state index in [1.54, 1.807) is 29.5 Å². The summed E-state index contributed by atoms with van der Waals surface area (Å²) in [6, 6.07) is 9.15. The average molecular weight is 413 g/mol. The number of nitrogens with one attached hydrogen (secondary N) is 1. The van der Waals surface area contributed by atoms with Crippen LogP contribution in [0.1, 0.15) is 10.7 Å². The second-order valence-electron chi connectivity index (χ2n) is 5.15. The standard InChI is InChI=1S/C16H14Cl2N4OS2/c1-22-13(8-10-4-3-7-24-10)20-21-16(22)25-9-14(23)19-15-11(17)5-2-6-12(15)18/h2-7H,8-9H2,1H3,(H,19,23). The van der Waals surface area contributed by atoms with Crippen molar-refractivity contribution in [2.75, 3.05) is 11.1 Å². The Morgan fingerprint density at radius 1 is 1.24 bits per heavy atom. The molecule has 3 aromatic rings. The molecule has 0 unspecified atom stereocenters. The fraction of sp³-hybridized carbons (Fsp3) is 0.188. The highest BCUT2D eigenvalue weighted by atomic mass is 35.5. The van der Waals surface area contributed by atoms with E-state index in [-0.39, 0.29) is 11.7 Å². The number of carbonyl (C=O) groups is 1. The van der Waals surface area contributed by atoms with Gasteiger partial charge in [-0.05, 0) is 23.6 Å². The lowest BCUT2D eigenvalue weighted by molar-refractivity contribution is -0.113. The monoisotopic (exact) mass is 412 g/mol. The van der Waals surface area contributed by atoms with Gasteiger partial charge < -0.3 is 9.88 Å². The van der Waals surface area contributed by atoms with Crippen molar-refractivity contribution in [3.63, 3.8) is 0 Å². The average Bonchev–Trinajstić information content (AvgIpc) is 3.21. The summed E-state index contributed by atoms with van der Waals surface area (Å²) >= 11 is 15.1. The Morgan fingerprint density at radius 2 is 2.00 bits per heavy atom. The summed E-state index contributed by atoms with van der Waals surface area (Å²) in [5, 5.41) is 14.6. The number of carbonyl (C=O) groups excluding carboxylic acids is 1. The van der Waals surface area contributed by atoms with Gasteiger partial charge >= 0.3 is 0 Å². The van der Waals surface area contributed by atoms with Gasteiger partial charge in [-0.15, -0.1) is 21.5 Å². The van der Waals surface area contributed by atoms with E-state index >= 15 is 0 Å². The number of rotatable bonds is 6. The van der Waals surface area contributed by atoms with E-state index in [0.717, 1.165) is 12.2 Å². The Balaban J connectivity index is 1.60. The number of hydrogen-bond donors (Lipinski definition) is 1. The highest BCUT2D eigenvalue weighted by molar-refractivity contribution is 7.99. The molecule has 25 heavy (non-hydrogen) atoms. The molecular formula is C16H14Cl2N4OS2. The fourth-order valence-corrected chi connectivity index (χ4v) is 4.04. The van der Waals surface area contributed by atoms with Gasteiger partial charge in [0.2, 0.25) is 5.91 Å². The van der Waals surface area contributed by atoms with Crippen LogP contribution in [0.5, 0.6) is 0 Å². The molecule has 0 aliphatic heterocycles. The highest BCUT2D eigenvalue weighted by Gasteiger charge is 2.14. The number of para-hydroxylation sites is 1. The van der Waals surface area contributed by atoms with Gasteiger partial charge in [0.05, 0.1) is 21.5 Å². The smallest absolute Gasteiger partial charge is 0.234 e. The van der Waals surface area contributed by atoms with Crippen LogP contribution in [-0.4, -0.2) is 26.4 Å². The number of halogens is 2. The van der Waals surface area contributed by atoms with E-state index in [9.17, 15) is 4.79 Å². The molecule has 0 saturated carbocycles. The molecule has 1 aromatic carbocycles. The van der Waals surface area contributed by atoms with Gasteiger partial charge in [-0.2, -0.15) is 0 Å². The zero-order valence-corrected chi connectivity index (χ0v) is 16.3. The minimum Gasteiger partial charge on any atom is -0.323 e. The molecule has 0 radical (unpaired) electrons. The second-order valence-corrected chi connectivity index (χ2v) is 7.94. The summed E-state index contributed by atoms with van der Waals surface area (Å²) in [6.45, 7) is 0. The first-order valence-electron chi connectivity index (χ1n) is 7.32. The third-order valence-corrected chi connectivity index (χ3v) is 5.92. The molecule has 9 heteroatoms. The van der Waals surface area contributed by atoms with Gasteiger partial charge in [0.1, 0.15) is 5.82 Å². The summed E-state index contributed by atoms with van der Waals surface area (Å²) in [7, 11) is 1.90. The molecule has 0 bridgehead atoms. The first-order valence-corrected chi connectivity index (χ1v) is 9.94. The van der Waals surface area contributed by atoms with Crippen LogP contribution in [0.25, 0.3) is 0 Å². The molecule has 0 atom stereocenters. The summed E-state index contributed by atoms with van der Waals surface area (Å²) in [4.78, 5) is 13.4. The van der Waals surface area contributed by atoms with Crippen molar-refractivity contribution in [3.05, 3.63) is 56.5 Å². The Labute approximate surface area is 163 Å². The minimum absolute atomic E-state index is 0.187. The zero-order valence-electron chi connectivity index (χ0n) is 13.2. The number of anilines is 1. The van der Waals surface area contributed by atoms with E-state index in [0.29, 0.717) is 20.9 Å². The summed E-state index contributed by atoms with van der Waals surface area (Å²) in [5.41, 5.74) is 0.424. The lowest BCUT2D eigenvalue weighted by Crippen LogP contribution is -2.15. The maximum Gasteiger partial charge on any atom is 0.234 e. The van der Waals surface area contributed by atoms with Gasteiger partial charge in [-0.1, -0.05) is 47.1 Å². The van der Waals surface area contributed by atoms with Gasteiger partial charge in [-0.25, -0.2) is 0 Å². The molecule has 5 nitrogen and oxygen atoms in total. The van der Waals surface area contributed by atoms with E-state index in [4.69, 9.17) is 23.2 Å². The van der Waals surface area contributed by atoms with Crippen LogP contribution in [0.4, 0.5) is 5.69 Å². The Bertz CT molecular complexity index is 860. The summed E-state index contributed by atoms with van der Waals surface area (Å²) in [5.74, 6) is 0.842. The van der Waals surface area contributed by atoms with Crippen LogP contribution in [0.2, 0.25) is 10.0 Å². The SMILES string of the molecule is Cn1c(Cc2cccs2)nnc1SCC(=O)Nc1c(Cl)cccc1Cl. The molecule has 0 aliphatic carbocycles. The number of thiophene rings is 1. The van der Waals surface area contributed by atoms with Crippen molar-refractivity contribution in [3.8, 4) is 0 Å². The number of hydrogen-bond acceptors (Lipinski definition) is 5. The molecule has 0 fully saturated rings. The largest absolute Gasteiger partial charge is 0.323 e. The van der Waals surface area contributed by atoms with Crippen molar-refractivity contribution in [2.24, 2.45) is 7.05 Å². The van der Waals surface area contributed by atoms with Crippen LogP contribution in [0.15, 0.2) is 40.9 Å². The van der Waals surface area contributed by atoms with Crippen molar-refractivity contribution in [1.82, 2.24) is 14.8 Å². The van der Waals surface area contributed by atoms with E-state index < -0.39 is 0 Å². The third-order valence-electron chi connectivity index (χ3n) is 3.40. The maximum absolute atomic E-state index is 12.2. The number of benzene rings is 1. The molecular weight excluding hydrogens is 399 g/mol. The van der Waals surface area contributed by atoms with Gasteiger partial charge in [0, 0.05) is 18.3 Å². The molecule has 1 N–H and O–H groups in total. The first kappa shape index (κ1) is 18.3. The molecule has 0 spiro atoms. The van der Waals surface area contributed by atoms with E-state index in [1.165, 1.54) is 16.6 Å². The molecule has 0 aliphatic rings. The third kappa shape index (κ3) is 4.55. The molecule has 1 amide bonds. The fourth-order valence-electron chi connectivity index (χ4n) is 2.12. The number of thioether (sulfide) groups is 1. The van der Waals surface area contributed by atoms with Crippen LogP contribution < -0.4 is 5.32 Å². The quantitative estimate of drug-likeness (QED) is 0.605. The van der Waals surface area contributed by atoms with Crippen molar-refractivity contribution < 1.29 is 4.79 Å². The number of aromatic nitrogens is 3. The summed E-state index contributed by atoms with van der Waals surface area (Å²) < 4.78 is 1.90. The van der Waals surface area contributed by atoms with Crippen molar-refractivity contribution >= 4 is 57.9 Å². The van der Waals surface area contributed by atoms with E-state index in [2.05, 4.69) is 21.6 Å². The van der Waals surface area contributed by atoms with Gasteiger partial charge in [0.25, 0.3) is 0 Å². The molecule has 130 valence electrons. The molecule has 2 aromatic heterocycles. The Morgan fingerprint density at radius 3 is 2.68 bits per heavy atom. The lowest BCUT2D eigenvalue weighted by Gasteiger charge is -2.08. The predicted octanol–water partition coefficient (Wildman–Crippen LogP) is 4.51. The minimum atomic E-state index is -0.206. The van der Waals surface area contributed by atoms with Crippen LogP contribution in [0.3, 0.4) is 0 Å². The zero-order chi connectivity index (χ0) is 17.8. The molecule has 2 heterocycles. The topological polar surface area (TPSA) is 59.8 Å². The Hall–Kier alpha value is -1.54. The Kier molecular flexibility index (Phi) is 6.01. The number of nitrogens with zero attached hydrogens (tertiary/aromatic N) is 3. The molecule has 3 rings (SSSR count). The van der Waals surface area contributed by atoms with Crippen LogP contribution >= 0.6 is 46.3 Å². The van der Waals surface area contributed by atoms with Crippen molar-refractivity contribution in [1.29, 1.82) is 0 Å². The maximum atomic E-state index is 12.2. The van der Waals surface area contributed by atoms with Gasteiger partial charge in [0.15, 0.2) is 5.16 Å². The summed E-state index contributed by atoms with van der Waals surface area (Å²) in [6.07, 6.45) is 0.725. The second kappa shape index (κ2) is 8.23. The van der Waals surface area contributed by atoms with Crippen LogP contribution in [-0.2, 0) is 18.3 Å². The molecule has 0 saturated heterocycles. The van der Waals surface area contributed by atoms with E-state index in [1.807, 2.05) is 23.1 Å². The highest BCUT2D eigenvalue weighted by Crippen LogP contribution is 2.30. The normalized spacial score (nSPS) is 10.8. The van der Waals surface area contributed by atoms with Gasteiger partial charge in [-0.3, -0.25) is 4.79 Å².